The summed E-state index contributed by atoms with van der Waals surface area (Å²) in [5.74, 6) is -0.0406. The molecule has 0 aromatic heterocycles. The van der Waals surface area contributed by atoms with Gasteiger partial charge in [0.15, 0.2) is 0 Å². The van der Waals surface area contributed by atoms with Gasteiger partial charge in [0.25, 0.3) is 0 Å². The Bertz CT molecular complexity index is 686. The summed E-state index contributed by atoms with van der Waals surface area (Å²) in [6.07, 6.45) is 0.849. The SMILES string of the molecule is CCc1ccccc1N(CCNC(=O)Nc1ccccc1)C(C)=O. The minimum absolute atomic E-state index is 0.0406. The maximum Gasteiger partial charge on any atom is 0.319 e. The van der Waals surface area contributed by atoms with E-state index in [1.807, 2.05) is 54.6 Å². The van der Waals surface area contributed by atoms with E-state index in [4.69, 9.17) is 0 Å². The minimum atomic E-state index is -0.284. The number of para-hydroxylation sites is 2. The molecule has 0 spiro atoms. The number of aryl methyl sites for hydroxylation is 1. The number of hydrogen-bond acceptors (Lipinski definition) is 2. The number of urea groups is 1. The average Bonchev–Trinajstić information content (AvgIpc) is 2.59. The Balaban J connectivity index is 1.92. The maximum absolute atomic E-state index is 12.0. The van der Waals surface area contributed by atoms with Crippen LogP contribution >= 0.6 is 0 Å². The van der Waals surface area contributed by atoms with Crippen molar-refractivity contribution in [1.29, 1.82) is 0 Å². The van der Waals surface area contributed by atoms with E-state index in [0.29, 0.717) is 13.1 Å². The molecule has 0 unspecified atom stereocenters. The smallest absolute Gasteiger partial charge is 0.319 e. The molecule has 2 N–H and O–H groups in total. The summed E-state index contributed by atoms with van der Waals surface area (Å²) in [7, 11) is 0. The highest BCUT2D eigenvalue weighted by Crippen LogP contribution is 2.20. The first kappa shape index (κ1) is 17.5. The highest BCUT2D eigenvalue weighted by molar-refractivity contribution is 5.93. The first-order valence-electron chi connectivity index (χ1n) is 8.07. The Kier molecular flexibility index (Phi) is 6.37. The number of anilines is 2. The Hall–Kier alpha value is -2.82. The van der Waals surface area contributed by atoms with E-state index in [2.05, 4.69) is 17.6 Å². The molecule has 0 aliphatic carbocycles. The van der Waals surface area contributed by atoms with Gasteiger partial charge in [0.05, 0.1) is 0 Å². The summed E-state index contributed by atoms with van der Waals surface area (Å²) in [6.45, 7) is 4.39. The van der Waals surface area contributed by atoms with Gasteiger partial charge in [-0.15, -0.1) is 0 Å². The third kappa shape index (κ3) is 4.84. The van der Waals surface area contributed by atoms with Crippen LogP contribution < -0.4 is 15.5 Å². The van der Waals surface area contributed by atoms with Crippen LogP contribution in [0.4, 0.5) is 16.2 Å². The van der Waals surface area contributed by atoms with Gasteiger partial charge in [-0.05, 0) is 30.2 Å². The van der Waals surface area contributed by atoms with Crippen molar-refractivity contribution >= 4 is 23.3 Å². The molecule has 2 rings (SSSR count). The molecule has 3 amide bonds. The van der Waals surface area contributed by atoms with Gasteiger partial charge in [-0.1, -0.05) is 43.3 Å². The lowest BCUT2D eigenvalue weighted by molar-refractivity contribution is -0.116. The fourth-order valence-electron chi connectivity index (χ4n) is 2.50. The fraction of sp³-hybridized carbons (Fsp3) is 0.263. The van der Waals surface area contributed by atoms with Crippen molar-refractivity contribution in [3.8, 4) is 0 Å². The number of nitrogens with one attached hydrogen (secondary N) is 2. The van der Waals surface area contributed by atoms with Crippen molar-refractivity contribution in [2.45, 2.75) is 20.3 Å². The second kappa shape index (κ2) is 8.72. The highest BCUT2D eigenvalue weighted by Gasteiger charge is 2.14. The van der Waals surface area contributed by atoms with Gasteiger partial charge in [0.1, 0.15) is 0 Å². The van der Waals surface area contributed by atoms with Crippen molar-refractivity contribution in [2.24, 2.45) is 0 Å². The number of rotatable bonds is 6. The fourth-order valence-corrected chi connectivity index (χ4v) is 2.50. The predicted molar refractivity (Wildman–Crippen MR) is 97.3 cm³/mol. The third-order valence-electron chi connectivity index (χ3n) is 3.70. The zero-order valence-corrected chi connectivity index (χ0v) is 14.1. The molecule has 0 bridgehead atoms. The lowest BCUT2D eigenvalue weighted by Gasteiger charge is -2.24. The molecule has 0 saturated heterocycles. The molecule has 24 heavy (non-hydrogen) atoms. The van der Waals surface area contributed by atoms with Crippen LogP contribution in [0.5, 0.6) is 0 Å². The number of nitrogens with zero attached hydrogens (tertiary/aromatic N) is 1. The van der Waals surface area contributed by atoms with Crippen LogP contribution in [-0.2, 0) is 11.2 Å². The number of benzene rings is 2. The van der Waals surface area contributed by atoms with Crippen molar-refractivity contribution < 1.29 is 9.59 Å². The van der Waals surface area contributed by atoms with Gasteiger partial charge >= 0.3 is 6.03 Å². The minimum Gasteiger partial charge on any atom is -0.336 e. The van der Waals surface area contributed by atoms with Gasteiger partial charge in [-0.2, -0.15) is 0 Å². The van der Waals surface area contributed by atoms with E-state index < -0.39 is 0 Å². The van der Waals surface area contributed by atoms with Crippen LogP contribution in [0.3, 0.4) is 0 Å². The molecule has 0 radical (unpaired) electrons. The lowest BCUT2D eigenvalue weighted by Crippen LogP contribution is -2.39. The summed E-state index contributed by atoms with van der Waals surface area (Å²) in [5, 5.41) is 5.53. The monoisotopic (exact) mass is 325 g/mol. The van der Waals surface area contributed by atoms with Crippen LogP contribution in [0, 0.1) is 0 Å². The van der Waals surface area contributed by atoms with Crippen LogP contribution in [0.15, 0.2) is 54.6 Å². The first-order chi connectivity index (χ1) is 11.6. The van der Waals surface area contributed by atoms with Crippen LogP contribution in [0.2, 0.25) is 0 Å². The molecule has 2 aromatic carbocycles. The molecule has 126 valence electrons. The third-order valence-corrected chi connectivity index (χ3v) is 3.70. The number of hydrogen-bond donors (Lipinski definition) is 2. The number of carbonyl (C=O) groups excluding carboxylic acids is 2. The van der Waals surface area contributed by atoms with E-state index in [0.717, 1.165) is 23.4 Å². The molecule has 0 aliphatic rings. The maximum atomic E-state index is 12.0. The topological polar surface area (TPSA) is 61.4 Å². The van der Waals surface area contributed by atoms with Gasteiger partial charge in [-0.3, -0.25) is 4.79 Å². The Morgan fingerprint density at radius 1 is 1.00 bits per heavy atom. The lowest BCUT2D eigenvalue weighted by atomic mass is 10.1. The molecular formula is C19H23N3O2. The zero-order valence-electron chi connectivity index (χ0n) is 14.1. The Labute approximate surface area is 142 Å². The van der Waals surface area contributed by atoms with Crippen LogP contribution in [0.1, 0.15) is 19.4 Å². The summed E-state index contributed by atoms with van der Waals surface area (Å²) in [5.41, 5.74) is 2.74. The predicted octanol–water partition coefficient (Wildman–Crippen LogP) is 3.42. The molecule has 0 heterocycles. The summed E-state index contributed by atoms with van der Waals surface area (Å²) < 4.78 is 0. The quantitative estimate of drug-likeness (QED) is 0.855. The molecule has 0 saturated carbocycles. The molecule has 0 fully saturated rings. The molecule has 2 aromatic rings. The number of amides is 3. The average molecular weight is 325 g/mol. The number of carbonyl (C=O) groups is 2. The van der Waals surface area contributed by atoms with E-state index in [-0.39, 0.29) is 11.9 Å². The largest absolute Gasteiger partial charge is 0.336 e. The van der Waals surface area contributed by atoms with Gasteiger partial charge < -0.3 is 15.5 Å². The van der Waals surface area contributed by atoms with Crippen molar-refractivity contribution in [3.05, 3.63) is 60.2 Å². The Morgan fingerprint density at radius 3 is 2.33 bits per heavy atom. The molecule has 5 heteroatoms. The van der Waals surface area contributed by atoms with Crippen molar-refractivity contribution in [3.63, 3.8) is 0 Å². The summed E-state index contributed by atoms with van der Waals surface area (Å²) in [6, 6.07) is 16.8. The zero-order chi connectivity index (χ0) is 17.4. The highest BCUT2D eigenvalue weighted by atomic mass is 16.2. The van der Waals surface area contributed by atoms with Gasteiger partial charge in [0, 0.05) is 31.4 Å². The van der Waals surface area contributed by atoms with Crippen LogP contribution in [0.25, 0.3) is 0 Å². The second-order valence-corrected chi connectivity index (χ2v) is 5.40. The van der Waals surface area contributed by atoms with Crippen molar-refractivity contribution in [2.75, 3.05) is 23.3 Å². The van der Waals surface area contributed by atoms with Crippen LogP contribution in [-0.4, -0.2) is 25.0 Å². The van der Waals surface area contributed by atoms with Gasteiger partial charge in [-0.25, -0.2) is 4.79 Å². The molecule has 5 nitrogen and oxygen atoms in total. The Morgan fingerprint density at radius 2 is 1.67 bits per heavy atom. The van der Waals surface area contributed by atoms with E-state index in [9.17, 15) is 9.59 Å². The molecule has 0 atom stereocenters. The summed E-state index contributed by atoms with van der Waals surface area (Å²) >= 11 is 0. The molecular weight excluding hydrogens is 302 g/mol. The van der Waals surface area contributed by atoms with Gasteiger partial charge in [0.2, 0.25) is 5.91 Å². The van der Waals surface area contributed by atoms with E-state index >= 15 is 0 Å². The standard InChI is InChI=1S/C19H23N3O2/c1-3-16-9-7-8-12-18(16)22(15(2)23)14-13-20-19(24)21-17-10-5-4-6-11-17/h4-12H,3,13-14H2,1-2H3,(H2,20,21,24). The van der Waals surface area contributed by atoms with Crippen molar-refractivity contribution in [1.82, 2.24) is 5.32 Å². The summed E-state index contributed by atoms with van der Waals surface area (Å²) in [4.78, 5) is 25.6. The van der Waals surface area contributed by atoms with E-state index in [1.165, 1.54) is 6.92 Å². The first-order valence-corrected chi connectivity index (χ1v) is 8.07. The normalized spacial score (nSPS) is 10.1. The van der Waals surface area contributed by atoms with E-state index in [1.54, 1.807) is 4.90 Å². The second-order valence-electron chi connectivity index (χ2n) is 5.40. The molecule has 0 aliphatic heterocycles.